The van der Waals surface area contributed by atoms with Gasteiger partial charge in [-0.3, -0.25) is 0 Å². The number of nitrogens with zero attached hydrogens (tertiary/aromatic N) is 2. The maximum absolute atomic E-state index is 13.3. The number of pyridine rings is 1. The SMILES string of the molecule is N#Cc1cc(NCc2ccc(O)c(F)c2)nc2ccc(Cl)cc12. The van der Waals surface area contributed by atoms with Crippen molar-refractivity contribution in [3.8, 4) is 11.8 Å². The molecule has 0 aliphatic heterocycles. The molecule has 0 aliphatic carbocycles. The van der Waals surface area contributed by atoms with Gasteiger partial charge in [-0.1, -0.05) is 17.7 Å². The molecule has 0 unspecified atom stereocenters. The van der Waals surface area contributed by atoms with E-state index in [4.69, 9.17) is 11.6 Å². The van der Waals surface area contributed by atoms with Crippen molar-refractivity contribution in [2.75, 3.05) is 5.32 Å². The van der Waals surface area contributed by atoms with Gasteiger partial charge in [0.05, 0.1) is 17.1 Å². The van der Waals surface area contributed by atoms with Crippen LogP contribution in [0.2, 0.25) is 5.02 Å². The molecule has 2 aromatic carbocycles. The number of halogens is 2. The van der Waals surface area contributed by atoms with E-state index in [2.05, 4.69) is 16.4 Å². The minimum Gasteiger partial charge on any atom is -0.505 e. The van der Waals surface area contributed by atoms with Crippen molar-refractivity contribution in [1.82, 2.24) is 4.98 Å². The summed E-state index contributed by atoms with van der Waals surface area (Å²) >= 11 is 5.95. The van der Waals surface area contributed by atoms with E-state index < -0.39 is 5.82 Å². The van der Waals surface area contributed by atoms with Crippen molar-refractivity contribution >= 4 is 28.3 Å². The molecule has 2 N–H and O–H groups in total. The van der Waals surface area contributed by atoms with Crippen molar-refractivity contribution < 1.29 is 9.50 Å². The van der Waals surface area contributed by atoms with Crippen LogP contribution in [0, 0.1) is 17.1 Å². The van der Waals surface area contributed by atoms with Gasteiger partial charge in [-0.2, -0.15) is 5.26 Å². The summed E-state index contributed by atoms with van der Waals surface area (Å²) in [6, 6.07) is 13.0. The van der Waals surface area contributed by atoms with Gasteiger partial charge in [0.1, 0.15) is 5.82 Å². The molecule has 0 spiro atoms. The summed E-state index contributed by atoms with van der Waals surface area (Å²) in [7, 11) is 0. The molecule has 114 valence electrons. The summed E-state index contributed by atoms with van der Waals surface area (Å²) in [5, 5.41) is 22.7. The number of phenols is 1. The Kier molecular flexibility index (Phi) is 4.00. The summed E-state index contributed by atoms with van der Waals surface area (Å²) in [5.41, 5.74) is 1.75. The highest BCUT2D eigenvalue weighted by molar-refractivity contribution is 6.31. The molecule has 0 saturated heterocycles. The highest BCUT2D eigenvalue weighted by Gasteiger charge is 2.07. The lowest BCUT2D eigenvalue weighted by molar-refractivity contribution is 0.432. The fourth-order valence-corrected chi connectivity index (χ4v) is 2.41. The monoisotopic (exact) mass is 327 g/mol. The van der Waals surface area contributed by atoms with E-state index in [1.807, 2.05) is 0 Å². The molecular weight excluding hydrogens is 317 g/mol. The van der Waals surface area contributed by atoms with Gasteiger partial charge in [-0.05, 0) is 42.0 Å². The van der Waals surface area contributed by atoms with E-state index in [0.717, 1.165) is 0 Å². The number of anilines is 1. The van der Waals surface area contributed by atoms with Crippen molar-refractivity contribution in [3.63, 3.8) is 0 Å². The minimum atomic E-state index is -0.678. The highest BCUT2D eigenvalue weighted by Crippen LogP contribution is 2.24. The van der Waals surface area contributed by atoms with Crippen LogP contribution in [0.3, 0.4) is 0 Å². The zero-order valence-electron chi connectivity index (χ0n) is 11.8. The first-order valence-electron chi connectivity index (χ1n) is 6.78. The average Bonchev–Trinajstić information content (AvgIpc) is 2.55. The molecular formula is C17H11ClFN3O. The molecule has 1 aromatic heterocycles. The summed E-state index contributed by atoms with van der Waals surface area (Å²) < 4.78 is 13.3. The Bertz CT molecular complexity index is 937. The highest BCUT2D eigenvalue weighted by atomic mass is 35.5. The lowest BCUT2D eigenvalue weighted by Crippen LogP contribution is -2.02. The van der Waals surface area contributed by atoms with E-state index >= 15 is 0 Å². The number of nitriles is 1. The summed E-state index contributed by atoms with van der Waals surface area (Å²) in [6.45, 7) is 0.314. The van der Waals surface area contributed by atoms with Crippen molar-refractivity contribution in [1.29, 1.82) is 5.26 Å². The van der Waals surface area contributed by atoms with Crippen LogP contribution in [-0.4, -0.2) is 10.1 Å². The number of hydrogen-bond acceptors (Lipinski definition) is 4. The van der Waals surface area contributed by atoms with Gasteiger partial charge in [0.15, 0.2) is 11.6 Å². The molecule has 0 bridgehead atoms. The van der Waals surface area contributed by atoms with Crippen LogP contribution in [0.15, 0.2) is 42.5 Å². The standard InChI is InChI=1S/C17H11ClFN3O/c18-12-2-3-15-13(7-12)11(8-20)6-17(22-15)21-9-10-1-4-16(23)14(19)5-10/h1-7,23H,9H2,(H,21,22). The second kappa shape index (κ2) is 6.11. The van der Waals surface area contributed by atoms with Gasteiger partial charge in [0.25, 0.3) is 0 Å². The zero-order chi connectivity index (χ0) is 16.4. The van der Waals surface area contributed by atoms with E-state index in [-0.39, 0.29) is 5.75 Å². The second-order valence-electron chi connectivity index (χ2n) is 4.97. The summed E-state index contributed by atoms with van der Waals surface area (Å²) in [4.78, 5) is 4.42. The van der Waals surface area contributed by atoms with Crippen LogP contribution in [-0.2, 0) is 6.54 Å². The van der Waals surface area contributed by atoms with Crippen molar-refractivity contribution in [3.05, 3.63) is 64.4 Å². The first-order valence-corrected chi connectivity index (χ1v) is 7.16. The third-order valence-electron chi connectivity index (χ3n) is 3.38. The van der Waals surface area contributed by atoms with E-state index in [0.29, 0.717) is 39.4 Å². The number of nitrogens with one attached hydrogen (secondary N) is 1. The van der Waals surface area contributed by atoms with E-state index in [9.17, 15) is 14.8 Å². The van der Waals surface area contributed by atoms with E-state index in [1.165, 1.54) is 12.1 Å². The molecule has 3 rings (SSSR count). The number of aromatic hydroxyl groups is 1. The number of benzene rings is 2. The number of hydrogen-bond donors (Lipinski definition) is 2. The summed E-state index contributed by atoms with van der Waals surface area (Å²) in [6.07, 6.45) is 0. The largest absolute Gasteiger partial charge is 0.505 e. The van der Waals surface area contributed by atoms with Crippen molar-refractivity contribution in [2.45, 2.75) is 6.54 Å². The molecule has 1 heterocycles. The van der Waals surface area contributed by atoms with Gasteiger partial charge in [0.2, 0.25) is 0 Å². The molecule has 3 aromatic rings. The third-order valence-corrected chi connectivity index (χ3v) is 3.61. The fourth-order valence-electron chi connectivity index (χ4n) is 2.23. The maximum Gasteiger partial charge on any atom is 0.165 e. The smallest absolute Gasteiger partial charge is 0.165 e. The quantitative estimate of drug-likeness (QED) is 0.755. The van der Waals surface area contributed by atoms with Gasteiger partial charge >= 0.3 is 0 Å². The Morgan fingerprint density at radius 1 is 1.22 bits per heavy atom. The second-order valence-corrected chi connectivity index (χ2v) is 5.40. The van der Waals surface area contributed by atoms with Gasteiger partial charge in [0, 0.05) is 17.0 Å². The fraction of sp³-hybridized carbons (Fsp3) is 0.0588. The lowest BCUT2D eigenvalue weighted by Gasteiger charge is -2.09. The van der Waals surface area contributed by atoms with Crippen LogP contribution in [0.4, 0.5) is 10.2 Å². The molecule has 0 fully saturated rings. The molecule has 6 heteroatoms. The molecule has 0 atom stereocenters. The lowest BCUT2D eigenvalue weighted by atomic mass is 10.1. The first-order chi connectivity index (χ1) is 11.1. The van der Waals surface area contributed by atoms with Crippen LogP contribution in [0.25, 0.3) is 10.9 Å². The van der Waals surface area contributed by atoms with Crippen LogP contribution < -0.4 is 5.32 Å². The normalized spacial score (nSPS) is 10.5. The number of rotatable bonds is 3. The molecule has 0 amide bonds. The van der Waals surface area contributed by atoms with Gasteiger partial charge in [-0.15, -0.1) is 0 Å². The molecule has 0 aliphatic rings. The van der Waals surface area contributed by atoms with Gasteiger partial charge < -0.3 is 10.4 Å². The van der Waals surface area contributed by atoms with E-state index in [1.54, 1.807) is 30.3 Å². The number of fused-ring (bicyclic) bond motifs is 1. The molecule has 23 heavy (non-hydrogen) atoms. The predicted molar refractivity (Wildman–Crippen MR) is 86.9 cm³/mol. The zero-order valence-corrected chi connectivity index (χ0v) is 12.6. The average molecular weight is 328 g/mol. The topological polar surface area (TPSA) is 68.9 Å². The Labute approximate surface area is 136 Å². The van der Waals surface area contributed by atoms with Crippen LogP contribution in [0.1, 0.15) is 11.1 Å². The Morgan fingerprint density at radius 2 is 2.04 bits per heavy atom. The Hall–Kier alpha value is -2.84. The van der Waals surface area contributed by atoms with Crippen molar-refractivity contribution in [2.24, 2.45) is 0 Å². The third kappa shape index (κ3) is 3.17. The minimum absolute atomic E-state index is 0.314. The maximum atomic E-state index is 13.3. The van der Waals surface area contributed by atoms with Gasteiger partial charge in [-0.25, -0.2) is 9.37 Å². The van der Waals surface area contributed by atoms with Crippen LogP contribution >= 0.6 is 11.6 Å². The number of phenolic OH excluding ortho intramolecular Hbond substituents is 1. The number of aromatic nitrogens is 1. The molecule has 4 nitrogen and oxygen atoms in total. The van der Waals surface area contributed by atoms with Crippen LogP contribution in [0.5, 0.6) is 5.75 Å². The Morgan fingerprint density at radius 3 is 2.78 bits per heavy atom. The molecule has 0 saturated carbocycles. The summed E-state index contributed by atoms with van der Waals surface area (Å²) in [5.74, 6) is -0.561. The predicted octanol–water partition coefficient (Wildman–Crippen LogP) is 4.22. The first kappa shape index (κ1) is 15.1. The Balaban J connectivity index is 1.90. The molecule has 0 radical (unpaired) electrons.